The van der Waals surface area contributed by atoms with Crippen molar-refractivity contribution in [3.8, 4) is 0 Å². The molecule has 0 aromatic heterocycles. The highest BCUT2D eigenvalue weighted by Gasteiger charge is 2.76. The van der Waals surface area contributed by atoms with Crippen molar-refractivity contribution in [2.24, 2.45) is 17.3 Å². The largest absolute Gasteiger partial charge is 0.468 e. The molecular weight excluding hydrogens is 220 g/mol. The summed E-state index contributed by atoms with van der Waals surface area (Å²) in [5, 5.41) is 0. The van der Waals surface area contributed by atoms with Crippen LogP contribution in [0.25, 0.3) is 0 Å². The number of ether oxygens (including phenoxy) is 2. The first-order valence-electron chi connectivity index (χ1n) is 5.82. The zero-order valence-corrected chi connectivity index (χ0v) is 10.7. The Morgan fingerprint density at radius 3 is 1.65 bits per heavy atom. The van der Waals surface area contributed by atoms with E-state index in [1.54, 1.807) is 0 Å². The van der Waals surface area contributed by atoms with Crippen molar-refractivity contribution >= 4 is 11.9 Å². The summed E-state index contributed by atoms with van der Waals surface area (Å²) < 4.78 is 9.61. The van der Waals surface area contributed by atoms with E-state index < -0.39 is 17.4 Å². The highest BCUT2D eigenvalue weighted by atomic mass is 16.5. The maximum Gasteiger partial charge on any atom is 0.323 e. The second kappa shape index (κ2) is 3.86. The molecule has 0 heterocycles. The van der Waals surface area contributed by atoms with Gasteiger partial charge >= 0.3 is 11.9 Å². The Labute approximate surface area is 101 Å². The van der Waals surface area contributed by atoms with Crippen molar-refractivity contribution < 1.29 is 19.1 Å². The second-order valence-corrected chi connectivity index (χ2v) is 5.03. The van der Waals surface area contributed by atoms with Crippen molar-refractivity contribution in [1.29, 1.82) is 0 Å². The van der Waals surface area contributed by atoms with Crippen molar-refractivity contribution in [3.05, 3.63) is 11.1 Å². The van der Waals surface area contributed by atoms with E-state index in [0.29, 0.717) is 0 Å². The molecule has 0 aliphatic heterocycles. The van der Waals surface area contributed by atoms with Crippen LogP contribution in [0.5, 0.6) is 0 Å². The van der Waals surface area contributed by atoms with Gasteiger partial charge in [0, 0.05) is 0 Å². The van der Waals surface area contributed by atoms with E-state index in [9.17, 15) is 9.59 Å². The summed E-state index contributed by atoms with van der Waals surface area (Å²) in [6.45, 7) is 4.12. The molecule has 0 aromatic carbocycles. The molecule has 0 amide bonds. The van der Waals surface area contributed by atoms with E-state index in [-0.39, 0.29) is 11.8 Å². The predicted octanol–water partition coefficient (Wildman–Crippen LogP) is 1.69. The van der Waals surface area contributed by atoms with Crippen LogP contribution in [0.2, 0.25) is 0 Å². The van der Waals surface area contributed by atoms with Crippen molar-refractivity contribution in [2.75, 3.05) is 14.2 Å². The zero-order valence-electron chi connectivity index (χ0n) is 10.7. The fourth-order valence-electron chi connectivity index (χ4n) is 3.18. The first-order chi connectivity index (χ1) is 7.99. The Morgan fingerprint density at radius 1 is 1.00 bits per heavy atom. The minimum absolute atomic E-state index is 0.0612. The molecule has 0 saturated heterocycles. The van der Waals surface area contributed by atoms with Gasteiger partial charge < -0.3 is 9.47 Å². The number of hydrogen-bond acceptors (Lipinski definition) is 4. The Balaban J connectivity index is 2.31. The van der Waals surface area contributed by atoms with Crippen LogP contribution >= 0.6 is 0 Å². The molecule has 17 heavy (non-hydrogen) atoms. The number of fused-ring (bicyclic) bond motifs is 1. The Bertz CT molecular complexity index is 370. The van der Waals surface area contributed by atoms with Gasteiger partial charge in [0.1, 0.15) is 0 Å². The molecular formula is C13H18O4. The third kappa shape index (κ3) is 1.43. The number of allylic oxidation sites excluding steroid dienone is 2. The molecule has 2 aliphatic carbocycles. The van der Waals surface area contributed by atoms with Crippen LogP contribution in [0, 0.1) is 17.3 Å². The summed E-state index contributed by atoms with van der Waals surface area (Å²) in [5.74, 6) is -0.763. The average Bonchev–Trinajstić information content (AvgIpc) is 2.96. The molecule has 0 aromatic rings. The summed E-state index contributed by atoms with van der Waals surface area (Å²) in [6, 6.07) is 0. The van der Waals surface area contributed by atoms with E-state index in [0.717, 1.165) is 12.8 Å². The molecule has 1 saturated carbocycles. The van der Waals surface area contributed by atoms with Gasteiger partial charge in [0.25, 0.3) is 0 Å². The number of esters is 2. The third-order valence-electron chi connectivity index (χ3n) is 4.37. The van der Waals surface area contributed by atoms with Crippen molar-refractivity contribution in [3.63, 3.8) is 0 Å². The Kier molecular flexibility index (Phi) is 2.76. The molecule has 2 aliphatic rings. The highest BCUT2D eigenvalue weighted by Crippen LogP contribution is 2.67. The Morgan fingerprint density at radius 2 is 1.35 bits per heavy atom. The molecule has 0 N–H and O–H groups in total. The third-order valence-corrected chi connectivity index (χ3v) is 4.37. The maximum absolute atomic E-state index is 11.9. The van der Waals surface area contributed by atoms with Gasteiger partial charge in [-0.3, -0.25) is 9.59 Å². The fraction of sp³-hybridized carbons (Fsp3) is 0.692. The summed E-state index contributed by atoms with van der Waals surface area (Å²) in [7, 11) is 2.65. The molecule has 0 bridgehead atoms. The number of rotatable bonds is 2. The number of carbonyl (C=O) groups is 2. The molecule has 4 nitrogen and oxygen atoms in total. The quantitative estimate of drug-likeness (QED) is 0.417. The molecule has 0 spiro atoms. The lowest BCUT2D eigenvalue weighted by Gasteiger charge is -2.12. The lowest BCUT2D eigenvalue weighted by molar-refractivity contribution is -0.162. The lowest BCUT2D eigenvalue weighted by Crippen LogP contribution is -2.31. The minimum Gasteiger partial charge on any atom is -0.468 e. The van der Waals surface area contributed by atoms with E-state index in [1.807, 2.05) is 0 Å². The van der Waals surface area contributed by atoms with Crippen molar-refractivity contribution in [2.45, 2.75) is 26.7 Å². The number of hydrogen-bond donors (Lipinski definition) is 0. The smallest absolute Gasteiger partial charge is 0.323 e. The highest BCUT2D eigenvalue weighted by molar-refractivity contribution is 6.04. The molecule has 1 fully saturated rings. The van der Waals surface area contributed by atoms with Gasteiger partial charge in [0.15, 0.2) is 5.41 Å². The summed E-state index contributed by atoms with van der Waals surface area (Å²) in [4.78, 5) is 23.9. The SMILES string of the molecule is COC(=O)C1(C(=O)OC)[C@H]2CC(C)=C(C)C[C@@H]21. The average molecular weight is 238 g/mol. The number of methoxy groups -OCH3 is 2. The van der Waals surface area contributed by atoms with Crippen LogP contribution in [0.4, 0.5) is 0 Å². The van der Waals surface area contributed by atoms with E-state index in [2.05, 4.69) is 13.8 Å². The van der Waals surface area contributed by atoms with Gasteiger partial charge in [-0.2, -0.15) is 0 Å². The van der Waals surface area contributed by atoms with Crippen LogP contribution in [0.3, 0.4) is 0 Å². The van der Waals surface area contributed by atoms with Crippen LogP contribution in [0.1, 0.15) is 26.7 Å². The summed E-state index contributed by atoms with van der Waals surface area (Å²) in [5.41, 5.74) is 1.52. The van der Waals surface area contributed by atoms with Gasteiger partial charge in [-0.15, -0.1) is 0 Å². The van der Waals surface area contributed by atoms with Gasteiger partial charge in [-0.05, 0) is 38.5 Å². The molecule has 4 heteroatoms. The minimum atomic E-state index is -1.04. The molecule has 0 radical (unpaired) electrons. The summed E-state index contributed by atoms with van der Waals surface area (Å²) >= 11 is 0. The van der Waals surface area contributed by atoms with Crippen LogP contribution in [-0.4, -0.2) is 26.2 Å². The van der Waals surface area contributed by atoms with Crippen LogP contribution < -0.4 is 0 Å². The molecule has 94 valence electrons. The van der Waals surface area contributed by atoms with Gasteiger partial charge in [0.2, 0.25) is 0 Å². The zero-order chi connectivity index (χ0) is 12.8. The number of carbonyl (C=O) groups excluding carboxylic acids is 2. The lowest BCUT2D eigenvalue weighted by atomic mass is 9.94. The normalized spacial score (nSPS) is 29.4. The van der Waals surface area contributed by atoms with E-state index in [4.69, 9.17) is 9.47 Å². The predicted molar refractivity (Wildman–Crippen MR) is 61.1 cm³/mol. The first kappa shape index (κ1) is 12.1. The first-order valence-corrected chi connectivity index (χ1v) is 5.82. The summed E-state index contributed by atoms with van der Waals surface area (Å²) in [6.07, 6.45) is 1.58. The van der Waals surface area contributed by atoms with Crippen molar-refractivity contribution in [1.82, 2.24) is 0 Å². The monoisotopic (exact) mass is 238 g/mol. The fourth-order valence-corrected chi connectivity index (χ4v) is 3.18. The van der Waals surface area contributed by atoms with E-state index >= 15 is 0 Å². The van der Waals surface area contributed by atoms with E-state index in [1.165, 1.54) is 25.4 Å². The molecule has 0 unspecified atom stereocenters. The van der Waals surface area contributed by atoms with Gasteiger partial charge in [0.05, 0.1) is 14.2 Å². The molecule has 2 atom stereocenters. The van der Waals surface area contributed by atoms with Gasteiger partial charge in [-0.25, -0.2) is 0 Å². The van der Waals surface area contributed by atoms with Crippen LogP contribution in [0.15, 0.2) is 11.1 Å². The topological polar surface area (TPSA) is 52.6 Å². The van der Waals surface area contributed by atoms with Crippen LogP contribution in [-0.2, 0) is 19.1 Å². The Hall–Kier alpha value is -1.32. The molecule has 2 rings (SSSR count). The van der Waals surface area contributed by atoms with Gasteiger partial charge in [-0.1, -0.05) is 11.1 Å². The standard InChI is InChI=1S/C13H18O4/c1-7-5-9-10(6-8(7)2)13(9,11(14)16-3)12(15)17-4/h9-10H,5-6H2,1-4H3/t9-,10-/m0/s1. The second-order valence-electron chi connectivity index (χ2n) is 5.03. The maximum atomic E-state index is 11.9.